The van der Waals surface area contributed by atoms with Gasteiger partial charge < -0.3 is 4.74 Å². The van der Waals surface area contributed by atoms with Crippen LogP contribution in [0.25, 0.3) is 0 Å². The van der Waals surface area contributed by atoms with Gasteiger partial charge in [0.25, 0.3) is 0 Å². The maximum absolute atomic E-state index is 4.25. The average molecular weight is 114 g/mol. The zero-order valence-corrected chi connectivity index (χ0v) is 4.41. The Morgan fingerprint density at radius 1 is 1.00 bits per heavy atom. The van der Waals surface area contributed by atoms with Crippen LogP contribution in [0.15, 0.2) is 0 Å². The maximum atomic E-state index is 4.25. The number of methoxy groups -OCH3 is 1. The molecule has 0 heterocycles. The molecule has 0 aromatic rings. The van der Waals surface area contributed by atoms with Crippen molar-refractivity contribution in [1.82, 2.24) is 0 Å². The minimum absolute atomic E-state index is 0. The molecule has 0 N–H and O–H groups in total. The molecule has 0 aromatic heterocycles. The van der Waals surface area contributed by atoms with E-state index in [9.17, 15) is 0 Å². The van der Waals surface area contributed by atoms with Crippen LogP contribution in [0.4, 0.5) is 0 Å². The fourth-order valence-electron chi connectivity index (χ4n) is 0. The number of hydrogen-bond acceptors (Lipinski definition) is 1. The lowest BCUT2D eigenvalue weighted by molar-refractivity contribution is 0.277. The lowest BCUT2D eigenvalue weighted by atomic mass is 11.0. The van der Waals surface area contributed by atoms with Gasteiger partial charge in [0.2, 0.25) is 0 Å². The zero-order chi connectivity index (χ0) is 4.71. The Bertz CT molecular complexity index is 11.0. The van der Waals surface area contributed by atoms with E-state index in [1.54, 1.807) is 14.2 Å². The first-order chi connectivity index (χ1) is 2.41. The molecule has 0 radical (unpaired) electrons. The van der Waals surface area contributed by atoms with E-state index in [0.717, 1.165) is 0 Å². The molecule has 1 heteroatoms. The molecule has 0 aliphatic heterocycles. The first-order valence-corrected chi connectivity index (χ1v) is 1.82. The van der Waals surface area contributed by atoms with E-state index in [1.165, 1.54) is 0 Å². The van der Waals surface area contributed by atoms with Crippen LogP contribution < -0.4 is 0 Å². The smallest absolute Gasteiger partial charge is 0.0351 e. The zero-order valence-electron chi connectivity index (χ0n) is 4.41. The monoisotopic (exact) mass is 114 g/mol. The number of rotatable bonds is 0. The molecule has 0 bridgehead atoms. The summed E-state index contributed by atoms with van der Waals surface area (Å²) in [6.45, 7) is 4.00. The first kappa shape index (κ1) is 28.2. The summed E-state index contributed by atoms with van der Waals surface area (Å²) in [5.74, 6) is 0. The first-order valence-electron chi connectivity index (χ1n) is 1.82. The van der Waals surface area contributed by atoms with Crippen molar-refractivity contribution in [1.29, 1.82) is 0 Å². The second kappa shape index (κ2) is 159. The molecule has 0 rings (SSSR count). The lowest BCUT2D eigenvalue weighted by Crippen LogP contribution is -1.55. The van der Waals surface area contributed by atoms with Gasteiger partial charge in [-0.05, 0) is 0 Å². The molecule has 0 saturated carbocycles. The molecule has 54 valence electrons. The van der Waals surface area contributed by atoms with E-state index >= 15 is 0 Å². The molecular formula is C6H24O. The molecule has 0 spiro atoms. The van der Waals surface area contributed by atoms with E-state index in [-0.39, 0.29) is 17.7 Å². The summed E-state index contributed by atoms with van der Waals surface area (Å²) in [7, 11) is 3.25. The fourth-order valence-corrected chi connectivity index (χ4v) is 0. The van der Waals surface area contributed by atoms with E-state index in [4.69, 9.17) is 0 Å². The molecule has 0 unspecified atom stereocenters. The van der Waals surface area contributed by atoms with Gasteiger partial charge in [-0.2, -0.15) is 0 Å². The largest absolute Gasteiger partial charge is 0.388 e. The summed E-state index contributed by atoms with van der Waals surface area (Å²) in [6, 6.07) is 0. The van der Waals surface area contributed by atoms with Crippen molar-refractivity contribution < 1.29 is 7.59 Å². The summed E-state index contributed by atoms with van der Waals surface area (Å²) >= 11 is 0. The molecule has 0 saturated heterocycles. The summed E-state index contributed by atoms with van der Waals surface area (Å²) in [5, 5.41) is 0. The molecule has 7 heavy (non-hydrogen) atoms. The van der Waals surface area contributed by atoms with E-state index < -0.39 is 0 Å². The van der Waals surface area contributed by atoms with Crippen molar-refractivity contribution in [3.05, 3.63) is 0 Å². The van der Waals surface area contributed by atoms with Gasteiger partial charge in [-0.15, -0.1) is 0 Å². The van der Waals surface area contributed by atoms with Crippen LogP contribution in [-0.4, -0.2) is 14.2 Å². The summed E-state index contributed by atoms with van der Waals surface area (Å²) < 4.78 is 4.25. The van der Waals surface area contributed by atoms with Gasteiger partial charge in [0, 0.05) is 17.1 Å². The van der Waals surface area contributed by atoms with E-state index in [1.807, 2.05) is 13.8 Å². The standard InChI is InChI=1S/C2H6O.C2H6.2CH4.2H2/c1-3-2;1-2;;;;/h1-2H3;1-2H3;2*1H4;2*1H/i;;;;2*1+1. The van der Waals surface area contributed by atoms with Gasteiger partial charge in [0.15, 0.2) is 0 Å². The molecular weight excluding hydrogens is 88.1 g/mol. The van der Waals surface area contributed by atoms with Gasteiger partial charge >= 0.3 is 0 Å². The van der Waals surface area contributed by atoms with E-state index in [2.05, 4.69) is 4.74 Å². The summed E-state index contributed by atoms with van der Waals surface area (Å²) in [6.07, 6.45) is 0. The highest BCUT2D eigenvalue weighted by Gasteiger charge is 1.25. The second-order valence-electron chi connectivity index (χ2n) is 0.408. The third kappa shape index (κ3) is 58400. The molecule has 0 amide bonds. The number of ether oxygens (including phenoxy) is 1. The third-order valence-electron chi connectivity index (χ3n) is 0. The lowest BCUT2D eigenvalue weighted by Gasteiger charge is -1.61. The summed E-state index contributed by atoms with van der Waals surface area (Å²) in [5.41, 5.74) is 0. The SMILES string of the molecule is C.C.CC.COC.[2HH].[2HH]. The topological polar surface area (TPSA) is 9.23 Å². The van der Waals surface area contributed by atoms with Crippen molar-refractivity contribution in [2.24, 2.45) is 0 Å². The molecule has 0 aromatic carbocycles. The predicted molar refractivity (Wildman–Crippen MR) is 42.0 cm³/mol. The molecule has 0 atom stereocenters. The highest BCUT2D eigenvalue weighted by Crippen LogP contribution is 1.28. The maximum Gasteiger partial charge on any atom is 0.0351 e. The number of hydrogen-bond donors (Lipinski definition) is 0. The van der Waals surface area contributed by atoms with Crippen LogP contribution in [0.5, 0.6) is 0 Å². The Labute approximate surface area is 51.7 Å². The van der Waals surface area contributed by atoms with Crippen LogP contribution in [0, 0.1) is 0 Å². The van der Waals surface area contributed by atoms with Crippen molar-refractivity contribution >= 4 is 0 Å². The van der Waals surface area contributed by atoms with Crippen molar-refractivity contribution in [3.8, 4) is 0 Å². The van der Waals surface area contributed by atoms with Crippen LogP contribution >= 0.6 is 0 Å². The van der Waals surface area contributed by atoms with Crippen LogP contribution in [-0.2, 0) is 4.74 Å². The van der Waals surface area contributed by atoms with Gasteiger partial charge in [-0.1, -0.05) is 28.7 Å². The van der Waals surface area contributed by atoms with Crippen LogP contribution in [0.1, 0.15) is 31.6 Å². The highest BCUT2D eigenvalue weighted by molar-refractivity contribution is 3.56. The van der Waals surface area contributed by atoms with Crippen LogP contribution in [0.2, 0.25) is 0 Å². The molecule has 0 aliphatic carbocycles. The molecule has 1 nitrogen and oxygen atoms in total. The van der Waals surface area contributed by atoms with Crippen LogP contribution in [0.3, 0.4) is 0 Å². The average Bonchev–Trinajstić information content (AvgIpc) is 1.46. The van der Waals surface area contributed by atoms with Gasteiger partial charge in [0.1, 0.15) is 0 Å². The van der Waals surface area contributed by atoms with E-state index in [0.29, 0.717) is 0 Å². The van der Waals surface area contributed by atoms with Crippen molar-refractivity contribution in [3.63, 3.8) is 0 Å². The van der Waals surface area contributed by atoms with Crippen molar-refractivity contribution in [2.45, 2.75) is 28.7 Å². The Kier molecular flexibility index (Phi) is 641. The normalized spacial score (nSPS) is 3.43. The van der Waals surface area contributed by atoms with Gasteiger partial charge in [0.05, 0.1) is 0 Å². The third-order valence-corrected chi connectivity index (χ3v) is 0. The minimum Gasteiger partial charge on any atom is -0.388 e. The second-order valence-corrected chi connectivity index (χ2v) is 0.408. The highest BCUT2D eigenvalue weighted by atomic mass is 16.4. The quantitative estimate of drug-likeness (QED) is 0.470. The Hall–Kier alpha value is -0.0400. The summed E-state index contributed by atoms with van der Waals surface area (Å²) in [4.78, 5) is 0. The van der Waals surface area contributed by atoms with Gasteiger partial charge in [-0.3, -0.25) is 0 Å². The minimum atomic E-state index is 0. The molecule has 0 fully saturated rings. The predicted octanol–water partition coefficient (Wildman–Crippen LogP) is 3.05. The Morgan fingerprint density at radius 2 is 1.00 bits per heavy atom. The van der Waals surface area contributed by atoms with Gasteiger partial charge in [-0.25, -0.2) is 0 Å². The Balaban J connectivity index is -0.00000000357. The fraction of sp³-hybridized carbons (Fsp3) is 1.00. The van der Waals surface area contributed by atoms with Crippen molar-refractivity contribution in [2.75, 3.05) is 14.2 Å². The Morgan fingerprint density at radius 3 is 1.00 bits per heavy atom. The molecule has 0 aliphatic rings.